The van der Waals surface area contributed by atoms with Crippen LogP contribution in [-0.2, 0) is 9.84 Å². The first-order valence-electron chi connectivity index (χ1n) is 4.36. The zero-order valence-corrected chi connectivity index (χ0v) is 8.42. The Balaban J connectivity index is 2.22. The first-order valence-corrected chi connectivity index (χ1v) is 6.18. The molecule has 0 aromatic heterocycles. The van der Waals surface area contributed by atoms with E-state index in [2.05, 4.69) is 5.32 Å². The summed E-state index contributed by atoms with van der Waals surface area (Å²) in [4.78, 5) is 0. The summed E-state index contributed by atoms with van der Waals surface area (Å²) in [5.41, 5.74) is 1.79. The SMILES string of the molecule is O=S1(=O)CN/C(=C/c2ccccc2)C1. The number of sulfone groups is 1. The minimum absolute atomic E-state index is 0.0612. The van der Waals surface area contributed by atoms with Gasteiger partial charge in [0.25, 0.3) is 0 Å². The van der Waals surface area contributed by atoms with Gasteiger partial charge >= 0.3 is 0 Å². The Hall–Kier alpha value is -1.29. The van der Waals surface area contributed by atoms with Crippen molar-refractivity contribution in [1.29, 1.82) is 0 Å². The van der Waals surface area contributed by atoms with E-state index in [0.717, 1.165) is 11.3 Å². The zero-order chi connectivity index (χ0) is 10.0. The fourth-order valence-electron chi connectivity index (χ4n) is 1.38. The second-order valence-corrected chi connectivity index (χ2v) is 5.35. The van der Waals surface area contributed by atoms with Crippen LogP contribution < -0.4 is 5.32 Å². The zero-order valence-electron chi connectivity index (χ0n) is 7.60. The van der Waals surface area contributed by atoms with Crippen LogP contribution in [0.3, 0.4) is 0 Å². The second kappa shape index (κ2) is 3.46. The van der Waals surface area contributed by atoms with Gasteiger partial charge in [0, 0.05) is 5.70 Å². The van der Waals surface area contributed by atoms with E-state index in [9.17, 15) is 8.42 Å². The molecule has 0 bridgehead atoms. The second-order valence-electron chi connectivity index (χ2n) is 3.29. The molecule has 1 aromatic rings. The molecule has 1 saturated heterocycles. The van der Waals surface area contributed by atoms with Crippen molar-refractivity contribution in [2.75, 3.05) is 11.6 Å². The van der Waals surface area contributed by atoms with Crippen molar-refractivity contribution in [1.82, 2.24) is 5.32 Å². The summed E-state index contributed by atoms with van der Waals surface area (Å²) >= 11 is 0. The Morgan fingerprint density at radius 2 is 1.93 bits per heavy atom. The molecule has 0 amide bonds. The van der Waals surface area contributed by atoms with Crippen molar-refractivity contribution in [3.8, 4) is 0 Å². The lowest BCUT2D eigenvalue weighted by Crippen LogP contribution is -2.07. The van der Waals surface area contributed by atoms with E-state index >= 15 is 0 Å². The Labute approximate surface area is 83.4 Å². The molecule has 3 nitrogen and oxygen atoms in total. The van der Waals surface area contributed by atoms with Crippen LogP contribution in [0.4, 0.5) is 0 Å². The number of nitrogens with one attached hydrogen (secondary N) is 1. The molecule has 2 rings (SSSR count). The molecule has 0 spiro atoms. The molecule has 0 aliphatic carbocycles. The molecule has 0 unspecified atom stereocenters. The quantitative estimate of drug-likeness (QED) is 0.750. The summed E-state index contributed by atoms with van der Waals surface area (Å²) in [5.74, 6) is 0.188. The van der Waals surface area contributed by atoms with Crippen molar-refractivity contribution < 1.29 is 8.42 Å². The summed E-state index contributed by atoms with van der Waals surface area (Å²) < 4.78 is 22.3. The lowest BCUT2D eigenvalue weighted by Gasteiger charge is -1.96. The van der Waals surface area contributed by atoms with E-state index < -0.39 is 9.84 Å². The molecule has 1 aliphatic rings. The molecular formula is C10H11NO2S. The van der Waals surface area contributed by atoms with Crippen molar-refractivity contribution in [2.45, 2.75) is 0 Å². The molecule has 1 aliphatic heterocycles. The van der Waals surface area contributed by atoms with Gasteiger partial charge in [-0.05, 0) is 11.6 Å². The third kappa shape index (κ3) is 2.14. The molecule has 0 atom stereocenters. The van der Waals surface area contributed by atoms with Crippen molar-refractivity contribution in [2.24, 2.45) is 0 Å². The molecule has 4 heteroatoms. The van der Waals surface area contributed by atoms with E-state index in [4.69, 9.17) is 0 Å². The van der Waals surface area contributed by atoms with Crippen LogP contribution in [0, 0.1) is 0 Å². The fourth-order valence-corrected chi connectivity index (χ4v) is 2.55. The average molecular weight is 209 g/mol. The van der Waals surface area contributed by atoms with Gasteiger partial charge in [0.1, 0.15) is 5.88 Å². The largest absolute Gasteiger partial charge is 0.374 e. The van der Waals surface area contributed by atoms with Gasteiger partial charge in [0.2, 0.25) is 0 Å². The predicted molar refractivity (Wildman–Crippen MR) is 56.2 cm³/mol. The van der Waals surface area contributed by atoms with Crippen LogP contribution >= 0.6 is 0 Å². The summed E-state index contributed by atoms with van der Waals surface area (Å²) in [6.45, 7) is 0. The molecule has 74 valence electrons. The molecule has 1 aromatic carbocycles. The molecule has 14 heavy (non-hydrogen) atoms. The maximum Gasteiger partial charge on any atom is 0.173 e. The third-order valence-electron chi connectivity index (χ3n) is 2.04. The summed E-state index contributed by atoms with van der Waals surface area (Å²) in [7, 11) is -2.89. The first kappa shape index (κ1) is 9.27. The predicted octanol–water partition coefficient (Wildman–Crippen LogP) is 1.00. The third-order valence-corrected chi connectivity index (χ3v) is 3.37. The standard InChI is InChI=1S/C10H11NO2S/c12-14(13)7-10(11-8-14)6-9-4-2-1-3-5-9/h1-6,11H,7-8H2/b10-6+. The average Bonchev–Trinajstić information content (AvgIpc) is 2.47. The minimum Gasteiger partial charge on any atom is -0.374 e. The smallest absolute Gasteiger partial charge is 0.173 e. The Kier molecular flexibility index (Phi) is 2.29. The van der Waals surface area contributed by atoms with Gasteiger partial charge in [-0.3, -0.25) is 0 Å². The molecule has 1 heterocycles. The first-order chi connectivity index (χ1) is 6.66. The minimum atomic E-state index is -2.89. The van der Waals surface area contributed by atoms with Gasteiger partial charge in [-0.15, -0.1) is 0 Å². The molecule has 1 N–H and O–H groups in total. The van der Waals surface area contributed by atoms with Gasteiger partial charge in [-0.1, -0.05) is 30.3 Å². The van der Waals surface area contributed by atoms with E-state index in [0.29, 0.717) is 0 Å². The monoisotopic (exact) mass is 209 g/mol. The van der Waals surface area contributed by atoms with Crippen LogP contribution in [0.25, 0.3) is 6.08 Å². The highest BCUT2D eigenvalue weighted by Gasteiger charge is 2.20. The molecule has 0 saturated carbocycles. The lowest BCUT2D eigenvalue weighted by atomic mass is 10.2. The number of benzene rings is 1. The van der Waals surface area contributed by atoms with E-state index in [1.165, 1.54) is 0 Å². The molecule has 0 radical (unpaired) electrons. The normalized spacial score (nSPS) is 22.1. The number of hydrogen-bond acceptors (Lipinski definition) is 3. The highest BCUT2D eigenvalue weighted by atomic mass is 32.2. The van der Waals surface area contributed by atoms with Crippen LogP contribution in [0.5, 0.6) is 0 Å². The highest BCUT2D eigenvalue weighted by molar-refractivity contribution is 7.91. The summed E-state index contributed by atoms with van der Waals surface area (Å²) in [6, 6.07) is 9.67. The maximum absolute atomic E-state index is 11.1. The Morgan fingerprint density at radius 1 is 1.21 bits per heavy atom. The van der Waals surface area contributed by atoms with Crippen LogP contribution in [0.2, 0.25) is 0 Å². The van der Waals surface area contributed by atoms with Gasteiger partial charge < -0.3 is 5.32 Å². The van der Waals surface area contributed by atoms with Crippen molar-refractivity contribution in [3.63, 3.8) is 0 Å². The van der Waals surface area contributed by atoms with Gasteiger partial charge in [0.15, 0.2) is 9.84 Å². The topological polar surface area (TPSA) is 46.2 Å². The Bertz CT molecular complexity index is 448. The van der Waals surface area contributed by atoms with Crippen molar-refractivity contribution >= 4 is 15.9 Å². The number of hydrogen-bond donors (Lipinski definition) is 1. The summed E-state index contributed by atoms with van der Waals surface area (Å²) in [5, 5.41) is 2.87. The van der Waals surface area contributed by atoms with Crippen LogP contribution in [-0.4, -0.2) is 20.0 Å². The number of rotatable bonds is 1. The Morgan fingerprint density at radius 3 is 2.50 bits per heavy atom. The van der Waals surface area contributed by atoms with Crippen LogP contribution in [0.1, 0.15) is 5.56 Å². The van der Waals surface area contributed by atoms with Gasteiger partial charge in [-0.25, -0.2) is 8.42 Å². The van der Waals surface area contributed by atoms with Gasteiger partial charge in [-0.2, -0.15) is 0 Å². The lowest BCUT2D eigenvalue weighted by molar-refractivity contribution is 0.601. The fraction of sp³-hybridized carbons (Fsp3) is 0.200. The van der Waals surface area contributed by atoms with Gasteiger partial charge in [0.05, 0.1) is 5.75 Å². The van der Waals surface area contributed by atoms with E-state index in [-0.39, 0.29) is 11.6 Å². The molecular weight excluding hydrogens is 198 g/mol. The van der Waals surface area contributed by atoms with E-state index in [1.807, 2.05) is 36.4 Å². The highest BCUT2D eigenvalue weighted by Crippen LogP contribution is 2.11. The van der Waals surface area contributed by atoms with E-state index in [1.54, 1.807) is 0 Å². The summed E-state index contributed by atoms with van der Waals surface area (Å²) in [6.07, 6.45) is 1.87. The molecule has 1 fully saturated rings. The van der Waals surface area contributed by atoms with Crippen LogP contribution in [0.15, 0.2) is 36.0 Å². The van der Waals surface area contributed by atoms with Crippen molar-refractivity contribution in [3.05, 3.63) is 41.6 Å². The maximum atomic E-state index is 11.1.